The minimum atomic E-state index is -2.91. The van der Waals surface area contributed by atoms with E-state index in [2.05, 4.69) is 5.32 Å². The van der Waals surface area contributed by atoms with Crippen molar-refractivity contribution < 1.29 is 16.8 Å². The van der Waals surface area contributed by atoms with E-state index in [1.807, 2.05) is 0 Å². The van der Waals surface area contributed by atoms with Crippen molar-refractivity contribution in [2.75, 3.05) is 36.1 Å². The second-order valence-electron chi connectivity index (χ2n) is 5.91. The molecule has 2 aliphatic heterocycles. The highest BCUT2D eigenvalue weighted by Gasteiger charge is 2.47. The van der Waals surface area contributed by atoms with Gasteiger partial charge in [-0.2, -0.15) is 0 Å². The maximum Gasteiger partial charge on any atom is 0.150 e. The molecule has 1 N–H and O–H groups in total. The topological polar surface area (TPSA) is 80.3 Å². The van der Waals surface area contributed by atoms with Crippen LogP contribution in [0.15, 0.2) is 0 Å². The maximum absolute atomic E-state index is 11.6. The van der Waals surface area contributed by atoms with Gasteiger partial charge in [-0.05, 0) is 30.6 Å². The second-order valence-corrected chi connectivity index (χ2v) is 10.6. The summed E-state index contributed by atoms with van der Waals surface area (Å²) in [5.74, 6) is 1.21. The lowest BCUT2D eigenvalue weighted by Crippen LogP contribution is -2.58. The predicted octanol–water partition coefficient (Wildman–Crippen LogP) is 0.226. The van der Waals surface area contributed by atoms with Gasteiger partial charge in [-0.3, -0.25) is 0 Å². The number of hydrogen-bond acceptors (Lipinski definition) is 5. The van der Waals surface area contributed by atoms with Gasteiger partial charge in [-0.25, -0.2) is 16.8 Å². The Bertz CT molecular complexity index is 520. The summed E-state index contributed by atoms with van der Waals surface area (Å²) >= 11 is 0. The molecule has 7 heteroatoms. The lowest BCUT2D eigenvalue weighted by Gasteiger charge is -2.47. The molecule has 5 nitrogen and oxygen atoms in total. The molecule has 0 aliphatic carbocycles. The van der Waals surface area contributed by atoms with Crippen LogP contribution >= 0.6 is 0 Å². The molecule has 2 rings (SSSR count). The van der Waals surface area contributed by atoms with Crippen LogP contribution in [0.5, 0.6) is 0 Å². The number of sulfone groups is 2. The van der Waals surface area contributed by atoms with Crippen molar-refractivity contribution in [3.05, 3.63) is 0 Å². The van der Waals surface area contributed by atoms with E-state index in [0.717, 1.165) is 25.9 Å². The molecule has 0 bridgehead atoms. The first-order valence-electron chi connectivity index (χ1n) is 6.90. The van der Waals surface area contributed by atoms with E-state index in [9.17, 15) is 16.8 Å². The van der Waals surface area contributed by atoms with Crippen LogP contribution in [0.2, 0.25) is 0 Å². The van der Waals surface area contributed by atoms with Gasteiger partial charge in [0, 0.05) is 18.8 Å². The summed E-state index contributed by atoms with van der Waals surface area (Å²) in [7, 11) is -5.77. The van der Waals surface area contributed by atoms with Gasteiger partial charge in [-0.1, -0.05) is 6.92 Å². The fourth-order valence-electron chi connectivity index (χ4n) is 3.18. The Morgan fingerprint density at radius 2 is 2.00 bits per heavy atom. The first-order chi connectivity index (χ1) is 8.79. The highest BCUT2D eigenvalue weighted by atomic mass is 32.2. The molecule has 0 aromatic rings. The number of rotatable bonds is 6. The zero-order valence-corrected chi connectivity index (χ0v) is 13.0. The molecule has 0 aromatic heterocycles. The molecule has 0 amide bonds. The normalized spacial score (nSPS) is 29.0. The summed E-state index contributed by atoms with van der Waals surface area (Å²) in [5.41, 5.74) is 0.0207. The molecule has 0 saturated carbocycles. The van der Waals surface area contributed by atoms with E-state index < -0.39 is 19.7 Å². The van der Waals surface area contributed by atoms with Crippen molar-refractivity contribution in [3.8, 4) is 0 Å². The minimum absolute atomic E-state index is 0.0207. The Morgan fingerprint density at radius 1 is 1.32 bits per heavy atom. The minimum Gasteiger partial charge on any atom is -0.316 e. The molecule has 2 fully saturated rings. The summed E-state index contributed by atoms with van der Waals surface area (Å²) in [6.07, 6.45) is 2.21. The first kappa shape index (κ1) is 15.3. The molecular formula is C12H23NO4S2. The molecule has 0 aromatic carbocycles. The Balaban J connectivity index is 1.93. The average Bonchev–Trinajstić information content (AvgIpc) is 2.63. The van der Waals surface area contributed by atoms with Gasteiger partial charge < -0.3 is 5.32 Å². The summed E-state index contributed by atoms with van der Waals surface area (Å²) < 4.78 is 46.2. The second kappa shape index (κ2) is 5.33. The Hall–Kier alpha value is -0.140. The van der Waals surface area contributed by atoms with E-state index in [1.54, 1.807) is 6.92 Å². The van der Waals surface area contributed by atoms with E-state index in [0.29, 0.717) is 12.2 Å². The van der Waals surface area contributed by atoms with E-state index in [4.69, 9.17) is 0 Å². The SMILES string of the molecule is CCS(=O)(=O)CCCC1(C2CCS(=O)(=O)C2)CNC1. The van der Waals surface area contributed by atoms with Crippen LogP contribution in [0.25, 0.3) is 0 Å². The van der Waals surface area contributed by atoms with Crippen LogP contribution < -0.4 is 5.32 Å². The van der Waals surface area contributed by atoms with Crippen molar-refractivity contribution >= 4 is 19.7 Å². The lowest BCUT2D eigenvalue weighted by molar-refractivity contribution is 0.0800. The van der Waals surface area contributed by atoms with Crippen LogP contribution in [-0.4, -0.2) is 52.9 Å². The quantitative estimate of drug-likeness (QED) is 0.759. The van der Waals surface area contributed by atoms with Crippen LogP contribution in [0.4, 0.5) is 0 Å². The van der Waals surface area contributed by atoms with Gasteiger partial charge in [0.2, 0.25) is 0 Å². The molecule has 2 heterocycles. The van der Waals surface area contributed by atoms with E-state index >= 15 is 0 Å². The highest BCUT2D eigenvalue weighted by molar-refractivity contribution is 7.91. The third-order valence-corrected chi connectivity index (χ3v) is 8.18. The smallest absolute Gasteiger partial charge is 0.150 e. The Kier molecular flexibility index (Phi) is 4.28. The fourth-order valence-corrected chi connectivity index (χ4v) is 6.00. The fraction of sp³-hybridized carbons (Fsp3) is 1.00. The van der Waals surface area contributed by atoms with E-state index in [-0.39, 0.29) is 28.6 Å². The number of nitrogens with one attached hydrogen (secondary N) is 1. The molecule has 0 spiro atoms. The molecule has 0 radical (unpaired) electrons. The van der Waals surface area contributed by atoms with Gasteiger partial charge in [0.15, 0.2) is 9.84 Å². The van der Waals surface area contributed by atoms with Crippen molar-refractivity contribution in [3.63, 3.8) is 0 Å². The lowest BCUT2D eigenvalue weighted by atomic mass is 9.67. The van der Waals surface area contributed by atoms with Gasteiger partial charge in [-0.15, -0.1) is 0 Å². The third kappa shape index (κ3) is 3.49. The first-order valence-corrected chi connectivity index (χ1v) is 10.5. The molecule has 19 heavy (non-hydrogen) atoms. The van der Waals surface area contributed by atoms with Gasteiger partial charge >= 0.3 is 0 Å². The van der Waals surface area contributed by atoms with Gasteiger partial charge in [0.1, 0.15) is 9.84 Å². The standard InChI is InChI=1S/C12H23NO4S2/c1-2-18(14,15)6-3-5-12(9-13-10-12)11-4-7-19(16,17)8-11/h11,13H,2-10H2,1H3. The highest BCUT2D eigenvalue weighted by Crippen LogP contribution is 2.42. The van der Waals surface area contributed by atoms with Gasteiger partial charge in [0.25, 0.3) is 0 Å². The predicted molar refractivity (Wildman–Crippen MR) is 75.6 cm³/mol. The molecule has 1 atom stereocenters. The van der Waals surface area contributed by atoms with Crippen LogP contribution in [-0.2, 0) is 19.7 Å². The maximum atomic E-state index is 11.6. The summed E-state index contributed by atoms with van der Waals surface area (Å²) in [4.78, 5) is 0. The summed E-state index contributed by atoms with van der Waals surface area (Å²) in [6, 6.07) is 0. The largest absolute Gasteiger partial charge is 0.316 e. The van der Waals surface area contributed by atoms with Crippen LogP contribution in [0, 0.1) is 11.3 Å². The van der Waals surface area contributed by atoms with Crippen LogP contribution in [0.1, 0.15) is 26.2 Å². The van der Waals surface area contributed by atoms with Crippen LogP contribution in [0.3, 0.4) is 0 Å². The molecular weight excluding hydrogens is 286 g/mol. The third-order valence-electron chi connectivity index (χ3n) is 4.62. The average molecular weight is 309 g/mol. The van der Waals surface area contributed by atoms with Crippen molar-refractivity contribution in [1.29, 1.82) is 0 Å². The Morgan fingerprint density at radius 3 is 2.42 bits per heavy atom. The summed E-state index contributed by atoms with van der Waals surface area (Å²) in [5, 5.41) is 3.22. The Labute approximate surface area is 116 Å². The van der Waals surface area contributed by atoms with Crippen molar-refractivity contribution in [2.45, 2.75) is 26.2 Å². The molecule has 1 unspecified atom stereocenters. The van der Waals surface area contributed by atoms with Crippen molar-refractivity contribution in [1.82, 2.24) is 5.32 Å². The summed E-state index contributed by atoms with van der Waals surface area (Å²) in [6.45, 7) is 3.33. The zero-order chi connectivity index (χ0) is 14.1. The molecule has 2 saturated heterocycles. The zero-order valence-electron chi connectivity index (χ0n) is 11.4. The molecule has 112 valence electrons. The van der Waals surface area contributed by atoms with Gasteiger partial charge in [0.05, 0.1) is 17.3 Å². The monoisotopic (exact) mass is 309 g/mol. The van der Waals surface area contributed by atoms with Crippen molar-refractivity contribution in [2.24, 2.45) is 11.3 Å². The van der Waals surface area contributed by atoms with E-state index in [1.165, 1.54) is 0 Å². The molecule has 2 aliphatic rings. The number of hydrogen-bond donors (Lipinski definition) is 1.